The summed E-state index contributed by atoms with van der Waals surface area (Å²) in [5.41, 5.74) is 17.1. The predicted octanol–water partition coefficient (Wildman–Crippen LogP) is 17.6. The molecule has 0 N–H and O–H groups in total. The van der Waals surface area contributed by atoms with Crippen LogP contribution in [-0.2, 0) is 0 Å². The number of anilines is 6. The van der Waals surface area contributed by atoms with Gasteiger partial charge in [-0.3, -0.25) is 0 Å². The molecule has 12 aromatic rings. The van der Waals surface area contributed by atoms with Gasteiger partial charge in [-0.25, -0.2) is 0 Å². The molecule has 0 atom stereocenters. The lowest BCUT2D eigenvalue weighted by Crippen LogP contribution is -2.11. The van der Waals surface area contributed by atoms with Gasteiger partial charge >= 0.3 is 0 Å². The molecule has 0 unspecified atom stereocenters. The van der Waals surface area contributed by atoms with Crippen LogP contribution in [0.4, 0.5) is 34.1 Å². The Morgan fingerprint density at radius 2 is 0.828 bits per heavy atom. The van der Waals surface area contributed by atoms with Crippen molar-refractivity contribution in [1.82, 2.24) is 0 Å². The lowest BCUT2D eigenvalue weighted by molar-refractivity contribution is 0.664. The van der Waals surface area contributed by atoms with Crippen molar-refractivity contribution in [3.8, 4) is 11.1 Å². The second-order valence-corrected chi connectivity index (χ2v) is 17.3. The average molecular weight is 825 g/mol. The van der Waals surface area contributed by atoms with Crippen LogP contribution in [0, 0.1) is 27.7 Å². The van der Waals surface area contributed by atoms with Gasteiger partial charge in [-0.2, -0.15) is 0 Å². The first-order chi connectivity index (χ1) is 31.3. The van der Waals surface area contributed by atoms with Crippen molar-refractivity contribution < 1.29 is 8.83 Å². The molecule has 0 saturated heterocycles. The van der Waals surface area contributed by atoms with E-state index in [1.54, 1.807) is 0 Å². The molecule has 64 heavy (non-hydrogen) atoms. The topological polar surface area (TPSA) is 32.8 Å². The van der Waals surface area contributed by atoms with Crippen molar-refractivity contribution in [2.45, 2.75) is 27.7 Å². The van der Waals surface area contributed by atoms with Crippen LogP contribution in [0.5, 0.6) is 0 Å². The fourth-order valence-electron chi connectivity index (χ4n) is 9.71. The van der Waals surface area contributed by atoms with Crippen molar-refractivity contribution >= 4 is 99.5 Å². The predicted molar refractivity (Wildman–Crippen MR) is 270 cm³/mol. The lowest BCUT2D eigenvalue weighted by atomic mass is 9.96. The average Bonchev–Trinajstić information content (AvgIpc) is 3.87. The van der Waals surface area contributed by atoms with Crippen molar-refractivity contribution in [3.63, 3.8) is 0 Å². The van der Waals surface area contributed by atoms with Crippen molar-refractivity contribution in [2.24, 2.45) is 0 Å². The normalized spacial score (nSPS) is 11.8. The summed E-state index contributed by atoms with van der Waals surface area (Å²) in [6.45, 7) is 8.67. The van der Waals surface area contributed by atoms with Gasteiger partial charge in [0, 0.05) is 61.2 Å². The van der Waals surface area contributed by atoms with E-state index in [9.17, 15) is 0 Å². The highest BCUT2D eigenvalue weighted by molar-refractivity contribution is 6.30. The smallest absolute Gasteiger partial charge is 0.144 e. The molecule has 4 heteroatoms. The Morgan fingerprint density at radius 3 is 1.36 bits per heavy atom. The number of hydrogen-bond acceptors (Lipinski definition) is 4. The minimum Gasteiger partial charge on any atom is -0.456 e. The Morgan fingerprint density at radius 1 is 0.344 bits per heavy atom. The molecule has 0 aliphatic carbocycles. The van der Waals surface area contributed by atoms with Gasteiger partial charge in [0.2, 0.25) is 0 Å². The van der Waals surface area contributed by atoms with Crippen LogP contribution in [0.1, 0.15) is 22.3 Å². The van der Waals surface area contributed by atoms with Gasteiger partial charge < -0.3 is 18.6 Å². The number of rotatable bonds is 7. The molecule has 2 aromatic heterocycles. The van der Waals surface area contributed by atoms with E-state index in [1.165, 1.54) is 22.3 Å². The number of benzene rings is 10. The third-order valence-electron chi connectivity index (χ3n) is 12.9. The zero-order valence-corrected chi connectivity index (χ0v) is 36.2. The number of hydrogen-bond donors (Lipinski definition) is 0. The molecule has 0 amide bonds. The molecular weight excluding hydrogens is 781 g/mol. The minimum absolute atomic E-state index is 0.836. The van der Waals surface area contributed by atoms with Crippen molar-refractivity contribution in [2.75, 3.05) is 9.80 Å². The van der Waals surface area contributed by atoms with Crippen LogP contribution in [0.2, 0.25) is 0 Å². The summed E-state index contributed by atoms with van der Waals surface area (Å²) in [7, 11) is 0. The van der Waals surface area contributed by atoms with E-state index in [-0.39, 0.29) is 0 Å². The van der Waals surface area contributed by atoms with E-state index in [2.05, 4.69) is 232 Å². The van der Waals surface area contributed by atoms with Crippen LogP contribution >= 0.6 is 0 Å². The molecule has 0 bridgehead atoms. The van der Waals surface area contributed by atoms with E-state index < -0.39 is 0 Å². The fraction of sp³-hybridized carbons (Fsp3) is 0.0667. The van der Waals surface area contributed by atoms with E-state index >= 15 is 0 Å². The van der Waals surface area contributed by atoms with Gasteiger partial charge in [-0.05, 0) is 168 Å². The number of fused-ring (bicyclic) bond motifs is 9. The summed E-state index contributed by atoms with van der Waals surface area (Å²) >= 11 is 0. The van der Waals surface area contributed by atoms with E-state index in [4.69, 9.17) is 8.83 Å². The van der Waals surface area contributed by atoms with Crippen molar-refractivity contribution in [1.29, 1.82) is 0 Å². The fourth-order valence-corrected chi connectivity index (χ4v) is 9.71. The number of nitrogens with zero attached hydrogens (tertiary/aromatic N) is 2. The highest BCUT2D eigenvalue weighted by atomic mass is 16.3. The Bertz CT molecular complexity index is 3770. The van der Waals surface area contributed by atoms with Crippen LogP contribution < -0.4 is 9.80 Å². The zero-order chi connectivity index (χ0) is 43.1. The van der Waals surface area contributed by atoms with Gasteiger partial charge in [-0.1, -0.05) is 103 Å². The summed E-state index contributed by atoms with van der Waals surface area (Å²) in [6, 6.07) is 69.8. The Hall–Kier alpha value is -8.08. The second kappa shape index (κ2) is 14.8. The molecule has 0 aliphatic heterocycles. The SMILES string of the molecule is Cc1ccc(C)c(N(c2ccccc2)c2ccc3cc4c(cc3c2)oc2cc(-c3ccccc3)c3oc5cc6cc(N(c7ccccc7)c7cc(C)ccc7C)ccc6cc5c3c24)c1. The first kappa shape index (κ1) is 37.7. The van der Waals surface area contributed by atoms with E-state index in [0.717, 1.165) is 111 Å². The summed E-state index contributed by atoms with van der Waals surface area (Å²) < 4.78 is 14.0. The molecule has 306 valence electrons. The number of aryl methyl sites for hydroxylation is 4. The summed E-state index contributed by atoms with van der Waals surface area (Å²) in [5, 5.41) is 8.78. The summed E-state index contributed by atoms with van der Waals surface area (Å²) in [6.07, 6.45) is 0. The van der Waals surface area contributed by atoms with Crippen LogP contribution in [0.3, 0.4) is 0 Å². The first-order valence-electron chi connectivity index (χ1n) is 22.0. The van der Waals surface area contributed by atoms with E-state index in [1.807, 2.05) is 0 Å². The largest absolute Gasteiger partial charge is 0.456 e. The van der Waals surface area contributed by atoms with Gasteiger partial charge in [0.15, 0.2) is 0 Å². The highest BCUT2D eigenvalue weighted by Gasteiger charge is 2.23. The van der Waals surface area contributed by atoms with Gasteiger partial charge in [0.25, 0.3) is 0 Å². The van der Waals surface area contributed by atoms with Crippen LogP contribution in [-0.4, -0.2) is 0 Å². The van der Waals surface area contributed by atoms with Crippen LogP contribution in [0.25, 0.3) is 76.5 Å². The van der Waals surface area contributed by atoms with Crippen LogP contribution in [0.15, 0.2) is 203 Å². The minimum atomic E-state index is 0.836. The third-order valence-corrected chi connectivity index (χ3v) is 12.9. The number of para-hydroxylation sites is 2. The molecule has 4 nitrogen and oxygen atoms in total. The first-order valence-corrected chi connectivity index (χ1v) is 22.0. The zero-order valence-electron chi connectivity index (χ0n) is 36.2. The molecule has 0 radical (unpaired) electrons. The Balaban J connectivity index is 1.06. The molecule has 0 spiro atoms. The van der Waals surface area contributed by atoms with E-state index in [0.29, 0.717) is 0 Å². The lowest BCUT2D eigenvalue weighted by Gasteiger charge is -2.27. The molecular formula is C60H44N2O2. The maximum absolute atomic E-state index is 7.05. The molecule has 0 aliphatic rings. The monoisotopic (exact) mass is 824 g/mol. The molecule has 2 heterocycles. The maximum Gasteiger partial charge on any atom is 0.144 e. The van der Waals surface area contributed by atoms with Gasteiger partial charge in [0.05, 0.1) is 0 Å². The Kier molecular flexibility index (Phi) is 8.70. The standard InChI is InChI=1S/C60H44N2O2/c1-37-20-22-39(3)53(28-37)61(46-16-10-6-11-17-46)48-26-24-42-32-51-55(34-44(42)30-48)63-57-36-50(41-14-8-5-9-15-41)60-59(58(51)57)52-33-43-25-27-49(31-45(43)35-56(52)64-60)62(47-18-12-7-13-19-47)54-29-38(2)21-23-40(54)4/h5-36H,1-4H3. The summed E-state index contributed by atoms with van der Waals surface area (Å²) in [5.74, 6) is 0. The van der Waals surface area contributed by atoms with Crippen molar-refractivity contribution in [3.05, 3.63) is 216 Å². The molecule has 0 fully saturated rings. The molecule has 0 saturated carbocycles. The highest BCUT2D eigenvalue weighted by Crippen LogP contribution is 2.47. The maximum atomic E-state index is 7.05. The third kappa shape index (κ3) is 6.21. The Labute approximate surface area is 371 Å². The quantitative estimate of drug-likeness (QED) is 0.160. The number of furan rings is 2. The molecule has 12 rings (SSSR count). The second-order valence-electron chi connectivity index (χ2n) is 17.3. The summed E-state index contributed by atoms with van der Waals surface area (Å²) in [4.78, 5) is 4.71. The molecule has 10 aromatic carbocycles. The van der Waals surface area contributed by atoms with Gasteiger partial charge in [-0.15, -0.1) is 0 Å². The van der Waals surface area contributed by atoms with Gasteiger partial charge in [0.1, 0.15) is 22.3 Å².